The lowest BCUT2D eigenvalue weighted by atomic mass is 10.2. The lowest BCUT2D eigenvalue weighted by Gasteiger charge is -2.19. The predicted octanol–water partition coefficient (Wildman–Crippen LogP) is 2.85. The monoisotopic (exact) mass is 407 g/mol. The number of rotatable bonds is 5. The van der Waals surface area contributed by atoms with Crippen molar-refractivity contribution >= 4 is 40.7 Å². The Hall–Kier alpha value is -2.52. The highest BCUT2D eigenvalue weighted by molar-refractivity contribution is 7.99. The van der Waals surface area contributed by atoms with E-state index < -0.39 is 0 Å². The largest absolute Gasteiger partial charge is 0.486 e. The zero-order chi connectivity index (χ0) is 19.1. The van der Waals surface area contributed by atoms with Gasteiger partial charge in [0.05, 0.1) is 5.75 Å². The third-order valence-electron chi connectivity index (χ3n) is 3.53. The van der Waals surface area contributed by atoms with E-state index in [0.717, 1.165) is 11.3 Å². The first-order valence-corrected chi connectivity index (χ1v) is 9.74. The van der Waals surface area contributed by atoms with E-state index in [1.807, 2.05) is 6.07 Å². The molecule has 3 N–H and O–H groups in total. The van der Waals surface area contributed by atoms with Gasteiger partial charge in [-0.3, -0.25) is 15.6 Å². The van der Waals surface area contributed by atoms with Crippen LogP contribution in [0.25, 0.3) is 0 Å². The van der Waals surface area contributed by atoms with Crippen LogP contribution in [0.1, 0.15) is 5.56 Å². The standard InChI is InChI=1S/C18H18FN3O3S2/c19-13-3-1-12(2-4-13)10-27-11-17(23)21-22-18(26)20-14-5-6-15-16(9-14)25-8-7-24-15/h1-6,9H,7-8,10-11H2,(H,21,23)(H2,20,22,26). The van der Waals surface area contributed by atoms with Crippen LogP contribution < -0.4 is 25.6 Å². The summed E-state index contributed by atoms with van der Waals surface area (Å²) >= 11 is 6.58. The Morgan fingerprint density at radius 1 is 1.07 bits per heavy atom. The van der Waals surface area contributed by atoms with E-state index in [4.69, 9.17) is 21.7 Å². The van der Waals surface area contributed by atoms with Gasteiger partial charge in [-0.05, 0) is 42.0 Å². The van der Waals surface area contributed by atoms with Crippen molar-refractivity contribution in [2.24, 2.45) is 0 Å². The molecule has 0 bridgehead atoms. The molecule has 1 heterocycles. The van der Waals surface area contributed by atoms with Gasteiger partial charge >= 0.3 is 0 Å². The van der Waals surface area contributed by atoms with Gasteiger partial charge in [-0.1, -0.05) is 12.1 Å². The minimum absolute atomic E-state index is 0.214. The van der Waals surface area contributed by atoms with Crippen molar-refractivity contribution in [3.05, 3.63) is 53.8 Å². The first kappa shape index (κ1) is 19.2. The number of anilines is 1. The predicted molar refractivity (Wildman–Crippen MR) is 107 cm³/mol. The summed E-state index contributed by atoms with van der Waals surface area (Å²) in [6, 6.07) is 11.6. The highest BCUT2D eigenvalue weighted by Gasteiger charge is 2.12. The van der Waals surface area contributed by atoms with Crippen LogP contribution in [-0.4, -0.2) is 30.0 Å². The molecule has 27 heavy (non-hydrogen) atoms. The van der Waals surface area contributed by atoms with Crippen LogP contribution in [0.15, 0.2) is 42.5 Å². The molecule has 0 radical (unpaired) electrons. The van der Waals surface area contributed by atoms with Crippen molar-refractivity contribution < 1.29 is 18.7 Å². The van der Waals surface area contributed by atoms with Crippen molar-refractivity contribution in [1.82, 2.24) is 10.9 Å². The molecule has 0 spiro atoms. The molecule has 6 nitrogen and oxygen atoms in total. The third-order valence-corrected chi connectivity index (χ3v) is 4.74. The zero-order valence-electron chi connectivity index (χ0n) is 14.3. The summed E-state index contributed by atoms with van der Waals surface area (Å²) < 4.78 is 23.8. The van der Waals surface area contributed by atoms with Crippen molar-refractivity contribution in [1.29, 1.82) is 0 Å². The second-order valence-corrected chi connectivity index (χ2v) is 7.00. The van der Waals surface area contributed by atoms with E-state index >= 15 is 0 Å². The Kier molecular flexibility index (Phi) is 6.72. The average Bonchev–Trinajstić information content (AvgIpc) is 2.68. The molecule has 1 amide bonds. The van der Waals surface area contributed by atoms with Gasteiger partial charge in [-0.25, -0.2) is 4.39 Å². The number of fused-ring (bicyclic) bond motifs is 1. The van der Waals surface area contributed by atoms with E-state index in [0.29, 0.717) is 30.5 Å². The number of nitrogens with one attached hydrogen (secondary N) is 3. The lowest BCUT2D eigenvalue weighted by Crippen LogP contribution is -2.44. The summed E-state index contributed by atoms with van der Waals surface area (Å²) in [5.41, 5.74) is 6.86. The molecule has 0 saturated heterocycles. The van der Waals surface area contributed by atoms with E-state index in [2.05, 4.69) is 16.2 Å². The number of halogens is 1. The topological polar surface area (TPSA) is 71.6 Å². The first-order valence-electron chi connectivity index (χ1n) is 8.18. The summed E-state index contributed by atoms with van der Waals surface area (Å²) in [6.45, 7) is 1.04. The fraction of sp³-hybridized carbons (Fsp3) is 0.222. The Bertz CT molecular complexity index is 818. The number of thiocarbonyl (C=S) groups is 1. The molecular formula is C18H18FN3O3S2. The Labute approximate surface area is 165 Å². The highest BCUT2D eigenvalue weighted by atomic mass is 32.2. The van der Waals surface area contributed by atoms with Crippen LogP contribution in [0, 0.1) is 5.82 Å². The Morgan fingerprint density at radius 2 is 1.81 bits per heavy atom. The maximum absolute atomic E-state index is 12.8. The van der Waals surface area contributed by atoms with Gasteiger partial charge in [0.1, 0.15) is 19.0 Å². The zero-order valence-corrected chi connectivity index (χ0v) is 15.9. The number of carbonyl (C=O) groups is 1. The molecule has 3 rings (SSSR count). The van der Waals surface area contributed by atoms with Crippen LogP contribution in [-0.2, 0) is 10.5 Å². The van der Waals surface area contributed by atoms with Gasteiger partial charge in [0.15, 0.2) is 16.6 Å². The molecule has 0 fully saturated rings. The van der Waals surface area contributed by atoms with E-state index in [1.54, 1.807) is 24.3 Å². The fourth-order valence-electron chi connectivity index (χ4n) is 2.29. The maximum Gasteiger partial charge on any atom is 0.248 e. The van der Waals surface area contributed by atoms with Crippen molar-refractivity contribution in [3.63, 3.8) is 0 Å². The summed E-state index contributed by atoms with van der Waals surface area (Å²) in [5.74, 6) is 1.72. The third kappa shape index (κ3) is 6.00. The SMILES string of the molecule is O=C(CSCc1ccc(F)cc1)NNC(=S)Nc1ccc2c(c1)OCCO2. The number of hydrogen-bond donors (Lipinski definition) is 3. The van der Waals surface area contributed by atoms with Crippen LogP contribution in [0.5, 0.6) is 11.5 Å². The molecule has 2 aromatic carbocycles. The Balaban J connectivity index is 1.37. The number of hydrogen-bond acceptors (Lipinski definition) is 5. The first-order chi connectivity index (χ1) is 13.1. The molecule has 0 saturated carbocycles. The van der Waals surface area contributed by atoms with Gasteiger partial charge in [-0.15, -0.1) is 11.8 Å². The second-order valence-electron chi connectivity index (χ2n) is 5.61. The van der Waals surface area contributed by atoms with Gasteiger partial charge in [0.2, 0.25) is 5.91 Å². The molecule has 0 aliphatic carbocycles. The molecule has 142 valence electrons. The number of amides is 1. The van der Waals surface area contributed by atoms with E-state index in [9.17, 15) is 9.18 Å². The quantitative estimate of drug-likeness (QED) is 0.520. The molecule has 9 heteroatoms. The molecular weight excluding hydrogens is 389 g/mol. The van der Waals surface area contributed by atoms with Crippen molar-refractivity contribution in [2.45, 2.75) is 5.75 Å². The summed E-state index contributed by atoms with van der Waals surface area (Å²) in [4.78, 5) is 11.9. The molecule has 1 aliphatic rings. The number of ether oxygens (including phenoxy) is 2. The molecule has 0 unspecified atom stereocenters. The summed E-state index contributed by atoms with van der Waals surface area (Å²) in [6.07, 6.45) is 0. The van der Waals surface area contributed by atoms with E-state index in [-0.39, 0.29) is 22.6 Å². The summed E-state index contributed by atoms with van der Waals surface area (Å²) in [5, 5.41) is 3.22. The maximum atomic E-state index is 12.8. The Morgan fingerprint density at radius 3 is 2.59 bits per heavy atom. The number of carbonyl (C=O) groups excluding carboxylic acids is 1. The van der Waals surface area contributed by atoms with Crippen LogP contribution in [0.4, 0.5) is 10.1 Å². The van der Waals surface area contributed by atoms with Crippen LogP contribution in [0.2, 0.25) is 0 Å². The van der Waals surface area contributed by atoms with Gasteiger partial charge in [0.25, 0.3) is 0 Å². The normalized spacial score (nSPS) is 12.2. The second kappa shape index (κ2) is 9.43. The summed E-state index contributed by atoms with van der Waals surface area (Å²) in [7, 11) is 0. The van der Waals surface area contributed by atoms with Gasteiger partial charge in [0, 0.05) is 17.5 Å². The number of benzene rings is 2. The highest BCUT2D eigenvalue weighted by Crippen LogP contribution is 2.32. The minimum atomic E-state index is -0.273. The molecule has 0 aromatic heterocycles. The number of thioether (sulfide) groups is 1. The molecule has 0 atom stereocenters. The number of hydrazine groups is 1. The smallest absolute Gasteiger partial charge is 0.248 e. The lowest BCUT2D eigenvalue weighted by molar-refractivity contribution is -0.119. The van der Waals surface area contributed by atoms with E-state index in [1.165, 1.54) is 23.9 Å². The van der Waals surface area contributed by atoms with Crippen LogP contribution in [0.3, 0.4) is 0 Å². The molecule has 2 aromatic rings. The molecule has 1 aliphatic heterocycles. The van der Waals surface area contributed by atoms with Crippen LogP contribution >= 0.6 is 24.0 Å². The van der Waals surface area contributed by atoms with Gasteiger partial charge < -0.3 is 14.8 Å². The van der Waals surface area contributed by atoms with Gasteiger partial charge in [-0.2, -0.15) is 0 Å². The minimum Gasteiger partial charge on any atom is -0.486 e. The fourth-order valence-corrected chi connectivity index (χ4v) is 3.24. The average molecular weight is 407 g/mol. The van der Waals surface area contributed by atoms with Crippen molar-refractivity contribution in [2.75, 3.05) is 24.3 Å². The van der Waals surface area contributed by atoms with Crippen molar-refractivity contribution in [3.8, 4) is 11.5 Å².